The van der Waals surface area contributed by atoms with Crippen LogP contribution in [0.15, 0.2) is 17.0 Å². The van der Waals surface area contributed by atoms with Gasteiger partial charge in [-0.05, 0) is 0 Å². The Morgan fingerprint density at radius 3 is 3.00 bits per heavy atom. The van der Waals surface area contributed by atoms with Crippen LogP contribution in [0.1, 0.15) is 0 Å². The summed E-state index contributed by atoms with van der Waals surface area (Å²) >= 11 is 0. The monoisotopic (exact) mass is 129 g/mol. The zero-order valence-electron chi connectivity index (χ0n) is 5.13. The Labute approximate surface area is 52.7 Å². The van der Waals surface area contributed by atoms with Crippen LogP contribution in [0.3, 0.4) is 0 Å². The Morgan fingerprint density at radius 1 is 1.89 bits per heavy atom. The first-order valence-corrected chi connectivity index (χ1v) is 2.58. The second kappa shape index (κ2) is 2.05. The molecule has 0 saturated carbocycles. The summed E-state index contributed by atoms with van der Waals surface area (Å²) in [6.07, 6.45) is 1.32. The van der Waals surface area contributed by atoms with Crippen LogP contribution in [-0.4, -0.2) is 24.5 Å². The van der Waals surface area contributed by atoms with Crippen molar-refractivity contribution in [3.8, 4) is 0 Å². The van der Waals surface area contributed by atoms with Crippen LogP contribution in [0.5, 0.6) is 0 Å². The van der Waals surface area contributed by atoms with Gasteiger partial charge >= 0.3 is 0 Å². The van der Waals surface area contributed by atoms with Gasteiger partial charge in [0.2, 0.25) is 0 Å². The van der Waals surface area contributed by atoms with E-state index in [4.69, 9.17) is 5.73 Å². The summed E-state index contributed by atoms with van der Waals surface area (Å²) in [5, 5.41) is 0. The third kappa shape index (κ3) is 1.19. The first-order chi connectivity index (χ1) is 4.20. The highest BCUT2D eigenvalue weighted by Crippen LogP contribution is 2.03. The van der Waals surface area contributed by atoms with Crippen molar-refractivity contribution in [2.24, 2.45) is 10.7 Å². The molecule has 3 nitrogen and oxygen atoms in total. The lowest BCUT2D eigenvalue weighted by molar-refractivity contribution is 0.445. The molecule has 50 valence electrons. The predicted molar refractivity (Wildman–Crippen MR) is 33.4 cm³/mol. The molecule has 0 radical (unpaired) electrons. The quantitative estimate of drug-likeness (QED) is 0.502. The van der Waals surface area contributed by atoms with Crippen molar-refractivity contribution < 1.29 is 4.39 Å². The summed E-state index contributed by atoms with van der Waals surface area (Å²) in [6, 6.07) is 0. The lowest BCUT2D eigenvalue weighted by atomic mass is 10.4. The van der Waals surface area contributed by atoms with Gasteiger partial charge in [0.05, 0.1) is 0 Å². The smallest absolute Gasteiger partial charge is 0.180 e. The normalized spacial score (nSPS) is 19.1. The molecule has 1 heterocycles. The van der Waals surface area contributed by atoms with Gasteiger partial charge in [0.15, 0.2) is 11.7 Å². The molecule has 0 aromatic rings. The second-order valence-electron chi connectivity index (χ2n) is 1.92. The van der Waals surface area contributed by atoms with Crippen LogP contribution in [-0.2, 0) is 0 Å². The molecule has 9 heavy (non-hydrogen) atoms. The number of hydrogen-bond donors (Lipinski definition) is 1. The maximum absolute atomic E-state index is 12.4. The second-order valence-corrected chi connectivity index (χ2v) is 1.92. The van der Waals surface area contributed by atoms with Crippen molar-refractivity contribution in [1.82, 2.24) is 4.90 Å². The molecular formula is C5H8FN3. The average molecular weight is 129 g/mol. The number of hydrogen-bond acceptors (Lipinski definition) is 3. The molecule has 0 fully saturated rings. The van der Waals surface area contributed by atoms with E-state index in [0.29, 0.717) is 6.67 Å². The molecule has 1 aliphatic heterocycles. The zero-order chi connectivity index (χ0) is 6.85. The van der Waals surface area contributed by atoms with E-state index in [1.807, 2.05) is 0 Å². The average Bonchev–Trinajstić information content (AvgIpc) is 1.80. The summed E-state index contributed by atoms with van der Waals surface area (Å²) in [5.41, 5.74) is 5.12. The minimum atomic E-state index is -0.455. The fourth-order valence-corrected chi connectivity index (χ4v) is 0.564. The molecule has 0 aliphatic carbocycles. The van der Waals surface area contributed by atoms with Crippen LogP contribution in [0, 0.1) is 0 Å². The molecule has 0 aromatic carbocycles. The molecule has 0 amide bonds. The van der Waals surface area contributed by atoms with E-state index in [-0.39, 0.29) is 5.84 Å². The van der Waals surface area contributed by atoms with Gasteiger partial charge in [-0.25, -0.2) is 9.38 Å². The summed E-state index contributed by atoms with van der Waals surface area (Å²) in [5.74, 6) is -0.461. The highest BCUT2D eigenvalue weighted by Gasteiger charge is 2.06. The van der Waals surface area contributed by atoms with E-state index in [1.165, 1.54) is 6.20 Å². The standard InChI is InChI=1S/C5H8FN3/c1-9-2-4(6)5(7)8-3-9/h2H,3H2,1H3,(H2,7,8). The molecule has 4 heteroatoms. The van der Waals surface area contributed by atoms with E-state index < -0.39 is 5.83 Å². The third-order valence-corrected chi connectivity index (χ3v) is 1.04. The summed E-state index contributed by atoms with van der Waals surface area (Å²) in [6.45, 7) is 0.444. The van der Waals surface area contributed by atoms with Gasteiger partial charge in [-0.3, -0.25) is 0 Å². The molecule has 0 aromatic heterocycles. The van der Waals surface area contributed by atoms with Crippen LogP contribution in [0.4, 0.5) is 4.39 Å². The molecule has 0 atom stereocenters. The largest absolute Gasteiger partial charge is 0.381 e. The van der Waals surface area contributed by atoms with Gasteiger partial charge in [0.25, 0.3) is 0 Å². The van der Waals surface area contributed by atoms with Crippen LogP contribution in [0.25, 0.3) is 0 Å². The molecule has 1 rings (SSSR count). The molecule has 1 aliphatic rings. The Morgan fingerprint density at radius 2 is 2.56 bits per heavy atom. The Kier molecular flexibility index (Phi) is 1.38. The van der Waals surface area contributed by atoms with E-state index in [9.17, 15) is 4.39 Å². The van der Waals surface area contributed by atoms with E-state index >= 15 is 0 Å². The summed E-state index contributed by atoms with van der Waals surface area (Å²) in [7, 11) is 1.73. The van der Waals surface area contributed by atoms with Gasteiger partial charge in [0, 0.05) is 13.2 Å². The maximum Gasteiger partial charge on any atom is 0.180 e. The molecule has 0 spiro atoms. The maximum atomic E-state index is 12.4. The third-order valence-electron chi connectivity index (χ3n) is 1.04. The Bertz CT molecular complexity index is 173. The predicted octanol–water partition coefficient (Wildman–Crippen LogP) is 0.0574. The first-order valence-electron chi connectivity index (χ1n) is 2.58. The number of halogens is 1. The van der Waals surface area contributed by atoms with E-state index in [1.54, 1.807) is 11.9 Å². The fraction of sp³-hybridized carbons (Fsp3) is 0.400. The molecule has 0 saturated heterocycles. The number of amidine groups is 1. The molecular weight excluding hydrogens is 121 g/mol. The molecule has 2 N–H and O–H groups in total. The topological polar surface area (TPSA) is 41.6 Å². The lowest BCUT2D eigenvalue weighted by Crippen LogP contribution is -2.24. The fourth-order valence-electron chi connectivity index (χ4n) is 0.564. The van der Waals surface area contributed by atoms with E-state index in [2.05, 4.69) is 4.99 Å². The highest BCUT2D eigenvalue weighted by molar-refractivity contribution is 5.95. The lowest BCUT2D eigenvalue weighted by Gasteiger charge is -2.15. The minimum absolute atomic E-state index is 0.00639. The summed E-state index contributed by atoms with van der Waals surface area (Å²) < 4.78 is 12.4. The van der Waals surface area contributed by atoms with Crippen molar-refractivity contribution in [2.45, 2.75) is 0 Å². The van der Waals surface area contributed by atoms with Crippen LogP contribution < -0.4 is 5.73 Å². The number of nitrogens with two attached hydrogens (primary N) is 1. The Balaban J connectivity index is 2.75. The van der Waals surface area contributed by atoms with E-state index in [0.717, 1.165) is 0 Å². The number of aliphatic imine (C=N–C) groups is 1. The first kappa shape index (κ1) is 6.07. The zero-order valence-corrected chi connectivity index (χ0v) is 5.13. The minimum Gasteiger partial charge on any atom is -0.381 e. The molecule has 0 unspecified atom stereocenters. The van der Waals surface area contributed by atoms with Crippen molar-refractivity contribution >= 4 is 5.84 Å². The number of nitrogens with zero attached hydrogens (tertiary/aromatic N) is 2. The Hall–Kier alpha value is -1.06. The van der Waals surface area contributed by atoms with Crippen molar-refractivity contribution in [3.63, 3.8) is 0 Å². The van der Waals surface area contributed by atoms with Gasteiger partial charge in [-0.15, -0.1) is 0 Å². The summed E-state index contributed by atoms with van der Waals surface area (Å²) in [4.78, 5) is 5.29. The van der Waals surface area contributed by atoms with Gasteiger partial charge < -0.3 is 10.6 Å². The van der Waals surface area contributed by atoms with Crippen LogP contribution in [0.2, 0.25) is 0 Å². The molecule has 0 bridgehead atoms. The van der Waals surface area contributed by atoms with Crippen molar-refractivity contribution in [2.75, 3.05) is 13.7 Å². The van der Waals surface area contributed by atoms with Crippen LogP contribution >= 0.6 is 0 Å². The van der Waals surface area contributed by atoms with Gasteiger partial charge in [0.1, 0.15) is 6.67 Å². The van der Waals surface area contributed by atoms with Gasteiger partial charge in [-0.2, -0.15) is 0 Å². The highest BCUT2D eigenvalue weighted by atomic mass is 19.1. The SMILES string of the molecule is CN1C=C(F)C(N)=NC1. The van der Waals surface area contributed by atoms with Gasteiger partial charge in [-0.1, -0.05) is 0 Å². The number of rotatable bonds is 0. The van der Waals surface area contributed by atoms with Crippen molar-refractivity contribution in [1.29, 1.82) is 0 Å². The van der Waals surface area contributed by atoms with Crippen molar-refractivity contribution in [3.05, 3.63) is 12.0 Å².